The molecule has 2 N–H and O–H groups in total. The maximum absolute atomic E-state index is 12.1. The zero-order valence-corrected chi connectivity index (χ0v) is 11.6. The molecule has 0 atom stereocenters. The van der Waals surface area contributed by atoms with E-state index in [-0.39, 0.29) is 16.8 Å². The van der Waals surface area contributed by atoms with E-state index in [1.54, 1.807) is 12.1 Å². The van der Waals surface area contributed by atoms with Crippen molar-refractivity contribution >= 4 is 40.8 Å². The number of rotatable bonds is 3. The Hall–Kier alpha value is -2.04. The predicted octanol–water partition coefficient (Wildman–Crippen LogP) is 3.94. The number of hydrogen-bond donors (Lipinski definition) is 2. The summed E-state index contributed by atoms with van der Waals surface area (Å²) in [6, 6.07) is 10.5. The molecule has 0 saturated carbocycles. The van der Waals surface area contributed by atoms with E-state index in [9.17, 15) is 9.59 Å². The Morgan fingerprint density at radius 1 is 1.00 bits per heavy atom. The van der Waals surface area contributed by atoms with E-state index in [2.05, 4.69) is 5.32 Å². The smallest absolute Gasteiger partial charge is 0.337 e. The van der Waals surface area contributed by atoms with Crippen LogP contribution in [0.1, 0.15) is 20.7 Å². The fourth-order valence-corrected chi connectivity index (χ4v) is 2.18. The van der Waals surface area contributed by atoms with Crippen LogP contribution >= 0.6 is 23.2 Å². The van der Waals surface area contributed by atoms with Crippen molar-refractivity contribution in [2.24, 2.45) is 0 Å². The Balaban J connectivity index is 2.30. The SMILES string of the molecule is O=C(Nc1ccccc1C(=O)O)c1cc(Cl)cc(Cl)c1. The third kappa shape index (κ3) is 3.29. The van der Waals surface area contributed by atoms with Crippen molar-refractivity contribution in [1.82, 2.24) is 0 Å². The number of halogens is 2. The minimum atomic E-state index is -1.12. The molecule has 4 nitrogen and oxygen atoms in total. The van der Waals surface area contributed by atoms with Crippen molar-refractivity contribution in [1.29, 1.82) is 0 Å². The van der Waals surface area contributed by atoms with Gasteiger partial charge in [0.25, 0.3) is 5.91 Å². The van der Waals surface area contributed by atoms with Crippen LogP contribution in [0.25, 0.3) is 0 Å². The van der Waals surface area contributed by atoms with E-state index in [4.69, 9.17) is 28.3 Å². The second-order valence-corrected chi connectivity index (χ2v) is 4.84. The third-order valence-electron chi connectivity index (χ3n) is 2.53. The first-order chi connectivity index (χ1) is 9.47. The van der Waals surface area contributed by atoms with Gasteiger partial charge < -0.3 is 10.4 Å². The molecule has 0 fully saturated rings. The number of nitrogens with one attached hydrogen (secondary N) is 1. The number of benzene rings is 2. The molecular formula is C14H9Cl2NO3. The van der Waals surface area contributed by atoms with Crippen LogP contribution in [0.2, 0.25) is 10.0 Å². The molecule has 1 amide bonds. The van der Waals surface area contributed by atoms with Gasteiger partial charge in [0.1, 0.15) is 0 Å². The van der Waals surface area contributed by atoms with Gasteiger partial charge in [0.2, 0.25) is 0 Å². The number of carboxylic acids is 1. The molecule has 2 rings (SSSR count). The topological polar surface area (TPSA) is 66.4 Å². The largest absolute Gasteiger partial charge is 0.478 e. The number of carbonyl (C=O) groups excluding carboxylic acids is 1. The van der Waals surface area contributed by atoms with Gasteiger partial charge in [-0.05, 0) is 30.3 Å². The van der Waals surface area contributed by atoms with Gasteiger partial charge in [0.15, 0.2) is 0 Å². The Morgan fingerprint density at radius 2 is 1.60 bits per heavy atom. The van der Waals surface area contributed by atoms with Gasteiger partial charge in [-0.2, -0.15) is 0 Å². The second-order valence-electron chi connectivity index (χ2n) is 3.96. The Labute approximate surface area is 124 Å². The zero-order valence-electron chi connectivity index (χ0n) is 10.1. The molecule has 0 saturated heterocycles. The molecule has 0 aliphatic carbocycles. The molecule has 0 aliphatic heterocycles. The van der Waals surface area contributed by atoms with Crippen molar-refractivity contribution in [3.63, 3.8) is 0 Å². The zero-order chi connectivity index (χ0) is 14.7. The first-order valence-electron chi connectivity index (χ1n) is 5.57. The van der Waals surface area contributed by atoms with Crippen LogP contribution in [-0.2, 0) is 0 Å². The fourth-order valence-electron chi connectivity index (χ4n) is 1.66. The number of anilines is 1. The molecular weight excluding hydrogens is 301 g/mol. The summed E-state index contributed by atoms with van der Waals surface area (Å²) in [5.74, 6) is -1.60. The predicted molar refractivity (Wildman–Crippen MR) is 77.8 cm³/mol. The molecule has 0 aromatic heterocycles. The van der Waals surface area contributed by atoms with Gasteiger partial charge in [0, 0.05) is 15.6 Å². The van der Waals surface area contributed by atoms with Crippen molar-refractivity contribution in [2.45, 2.75) is 0 Å². The number of hydrogen-bond acceptors (Lipinski definition) is 2. The monoisotopic (exact) mass is 309 g/mol. The lowest BCUT2D eigenvalue weighted by molar-refractivity contribution is 0.0698. The first kappa shape index (κ1) is 14.4. The van der Waals surface area contributed by atoms with Crippen LogP contribution in [0, 0.1) is 0 Å². The van der Waals surface area contributed by atoms with Crippen molar-refractivity contribution in [2.75, 3.05) is 5.32 Å². The van der Waals surface area contributed by atoms with E-state index in [0.717, 1.165) is 0 Å². The lowest BCUT2D eigenvalue weighted by Gasteiger charge is -2.08. The Bertz CT molecular complexity index is 666. The van der Waals surface area contributed by atoms with E-state index in [1.165, 1.54) is 30.3 Å². The minimum absolute atomic E-state index is 0.00831. The number of para-hydroxylation sites is 1. The highest BCUT2D eigenvalue weighted by Gasteiger charge is 2.13. The standard InChI is InChI=1S/C14H9Cl2NO3/c15-9-5-8(6-10(16)7-9)13(18)17-12-4-2-1-3-11(12)14(19)20/h1-7H,(H,17,18)(H,19,20). The van der Waals surface area contributed by atoms with Crippen LogP contribution in [0.4, 0.5) is 5.69 Å². The third-order valence-corrected chi connectivity index (χ3v) is 2.97. The van der Waals surface area contributed by atoms with Gasteiger partial charge in [-0.3, -0.25) is 4.79 Å². The highest BCUT2D eigenvalue weighted by Crippen LogP contribution is 2.21. The quantitative estimate of drug-likeness (QED) is 0.902. The van der Waals surface area contributed by atoms with Crippen molar-refractivity contribution in [3.05, 3.63) is 63.6 Å². The normalized spacial score (nSPS) is 10.1. The van der Waals surface area contributed by atoms with Crippen LogP contribution in [0.15, 0.2) is 42.5 Å². The van der Waals surface area contributed by atoms with Crippen molar-refractivity contribution < 1.29 is 14.7 Å². The summed E-state index contributed by atoms with van der Waals surface area (Å²) in [5, 5.41) is 12.2. The summed E-state index contributed by atoms with van der Waals surface area (Å²) in [7, 11) is 0. The summed E-state index contributed by atoms with van der Waals surface area (Å²) in [6.45, 7) is 0. The highest BCUT2D eigenvalue weighted by atomic mass is 35.5. The second kappa shape index (κ2) is 5.94. The average Bonchev–Trinajstić information content (AvgIpc) is 2.37. The molecule has 0 unspecified atom stereocenters. The number of aromatic carboxylic acids is 1. The fraction of sp³-hybridized carbons (Fsp3) is 0. The first-order valence-corrected chi connectivity index (χ1v) is 6.33. The Morgan fingerprint density at radius 3 is 2.20 bits per heavy atom. The summed E-state index contributed by atoms with van der Waals surface area (Å²) in [4.78, 5) is 23.1. The highest BCUT2D eigenvalue weighted by molar-refractivity contribution is 6.35. The molecule has 2 aromatic rings. The van der Waals surface area contributed by atoms with Gasteiger partial charge in [0.05, 0.1) is 11.3 Å². The van der Waals surface area contributed by atoms with E-state index < -0.39 is 11.9 Å². The maximum Gasteiger partial charge on any atom is 0.337 e. The summed E-state index contributed by atoms with van der Waals surface area (Å²) in [5.41, 5.74) is 0.470. The molecule has 2 aromatic carbocycles. The molecule has 0 heterocycles. The van der Waals surface area contributed by atoms with Crippen LogP contribution < -0.4 is 5.32 Å². The van der Waals surface area contributed by atoms with E-state index in [1.807, 2.05) is 0 Å². The molecule has 102 valence electrons. The van der Waals surface area contributed by atoms with E-state index >= 15 is 0 Å². The lowest BCUT2D eigenvalue weighted by atomic mass is 10.1. The molecule has 0 spiro atoms. The molecule has 6 heteroatoms. The van der Waals surface area contributed by atoms with Crippen molar-refractivity contribution in [3.8, 4) is 0 Å². The molecule has 0 bridgehead atoms. The molecule has 0 aliphatic rings. The summed E-state index contributed by atoms with van der Waals surface area (Å²) < 4.78 is 0. The molecule has 0 radical (unpaired) electrons. The summed E-state index contributed by atoms with van der Waals surface area (Å²) >= 11 is 11.6. The van der Waals surface area contributed by atoms with Gasteiger partial charge >= 0.3 is 5.97 Å². The molecule has 20 heavy (non-hydrogen) atoms. The average molecular weight is 310 g/mol. The number of carboxylic acid groups (broad SMARTS) is 1. The van der Waals surface area contributed by atoms with Gasteiger partial charge in [-0.25, -0.2) is 4.79 Å². The Kier molecular flexibility index (Phi) is 4.27. The summed E-state index contributed by atoms with van der Waals surface area (Å²) in [6.07, 6.45) is 0. The van der Waals surface area contributed by atoms with Crippen LogP contribution in [-0.4, -0.2) is 17.0 Å². The van der Waals surface area contributed by atoms with Gasteiger partial charge in [-0.1, -0.05) is 35.3 Å². The van der Waals surface area contributed by atoms with E-state index in [0.29, 0.717) is 10.0 Å². The minimum Gasteiger partial charge on any atom is -0.478 e. The number of carbonyl (C=O) groups is 2. The van der Waals surface area contributed by atoms with Gasteiger partial charge in [-0.15, -0.1) is 0 Å². The lowest BCUT2D eigenvalue weighted by Crippen LogP contribution is -2.14. The van der Waals surface area contributed by atoms with Crippen LogP contribution in [0.5, 0.6) is 0 Å². The number of amides is 1. The van der Waals surface area contributed by atoms with Crippen LogP contribution in [0.3, 0.4) is 0 Å². The maximum atomic E-state index is 12.1.